The molecule has 5 heteroatoms. The van der Waals surface area contributed by atoms with E-state index in [0.717, 1.165) is 40.8 Å². The van der Waals surface area contributed by atoms with Gasteiger partial charge in [-0.1, -0.05) is 37.6 Å². The molecule has 1 aliphatic rings. The lowest BCUT2D eigenvalue weighted by Crippen LogP contribution is -2.27. The maximum Gasteiger partial charge on any atom is 0.133 e. The molecule has 0 amide bonds. The normalized spacial score (nSPS) is 18.7. The van der Waals surface area contributed by atoms with E-state index in [1.165, 1.54) is 5.56 Å². The van der Waals surface area contributed by atoms with Gasteiger partial charge in [0.2, 0.25) is 0 Å². The molecule has 0 aliphatic carbocycles. The van der Waals surface area contributed by atoms with E-state index in [2.05, 4.69) is 31.3 Å². The van der Waals surface area contributed by atoms with Gasteiger partial charge < -0.3 is 14.8 Å². The fraction of sp³-hybridized carbons (Fsp3) is 0.435. The van der Waals surface area contributed by atoms with Crippen molar-refractivity contribution in [3.63, 3.8) is 0 Å². The Morgan fingerprint density at radius 2 is 1.89 bits per heavy atom. The Morgan fingerprint density at radius 3 is 2.54 bits per heavy atom. The van der Waals surface area contributed by atoms with Crippen molar-refractivity contribution >= 4 is 17.4 Å². The van der Waals surface area contributed by atoms with Gasteiger partial charge in [0, 0.05) is 11.1 Å². The minimum atomic E-state index is 0.127. The van der Waals surface area contributed by atoms with Crippen LogP contribution in [-0.4, -0.2) is 25.6 Å². The number of nitrogens with zero attached hydrogens (tertiary/aromatic N) is 1. The zero-order valence-corrected chi connectivity index (χ0v) is 17.8. The van der Waals surface area contributed by atoms with Gasteiger partial charge in [-0.15, -0.1) is 0 Å². The van der Waals surface area contributed by atoms with Gasteiger partial charge in [0.15, 0.2) is 0 Å². The zero-order chi connectivity index (χ0) is 20.1. The molecule has 0 spiro atoms. The highest BCUT2D eigenvalue weighted by Crippen LogP contribution is 2.33. The number of nitrogens with one attached hydrogen (secondary N) is 1. The molecule has 2 atom stereocenters. The number of ether oxygens (including phenoxy) is 2. The molecule has 150 valence electrons. The number of aliphatic imine (C=N–C) groups is 1. The first-order valence-corrected chi connectivity index (χ1v) is 10.3. The quantitative estimate of drug-likeness (QED) is 0.623. The third kappa shape index (κ3) is 4.79. The van der Waals surface area contributed by atoms with Crippen LogP contribution in [0.1, 0.15) is 50.8 Å². The van der Waals surface area contributed by atoms with Crippen LogP contribution in [0.2, 0.25) is 5.02 Å². The molecule has 2 aromatic rings. The van der Waals surface area contributed by atoms with Crippen LogP contribution >= 0.6 is 11.6 Å². The van der Waals surface area contributed by atoms with Gasteiger partial charge in [0.1, 0.15) is 17.3 Å². The molecule has 2 unspecified atom stereocenters. The average Bonchev–Trinajstić information content (AvgIpc) is 3.11. The average molecular weight is 401 g/mol. The van der Waals surface area contributed by atoms with Crippen molar-refractivity contribution in [2.75, 3.05) is 13.7 Å². The van der Waals surface area contributed by atoms with Crippen molar-refractivity contribution < 1.29 is 9.47 Å². The summed E-state index contributed by atoms with van der Waals surface area (Å²) in [6.07, 6.45) is 2.16. The third-order valence-corrected chi connectivity index (χ3v) is 5.24. The molecule has 28 heavy (non-hydrogen) atoms. The van der Waals surface area contributed by atoms with E-state index in [1.54, 1.807) is 7.11 Å². The highest BCUT2D eigenvalue weighted by atomic mass is 35.5. The molecule has 4 nitrogen and oxygen atoms in total. The predicted molar refractivity (Wildman–Crippen MR) is 116 cm³/mol. The molecular weight excluding hydrogens is 372 g/mol. The van der Waals surface area contributed by atoms with Crippen LogP contribution in [0.25, 0.3) is 0 Å². The molecule has 3 rings (SSSR count). The second kappa shape index (κ2) is 9.33. The van der Waals surface area contributed by atoms with E-state index in [-0.39, 0.29) is 12.1 Å². The largest absolute Gasteiger partial charge is 0.497 e. The van der Waals surface area contributed by atoms with Crippen molar-refractivity contribution in [3.05, 3.63) is 58.6 Å². The Labute approximate surface area is 172 Å². The molecule has 0 fully saturated rings. The van der Waals surface area contributed by atoms with Crippen LogP contribution < -0.4 is 14.8 Å². The summed E-state index contributed by atoms with van der Waals surface area (Å²) in [5.74, 6) is 3.08. The lowest BCUT2D eigenvalue weighted by Gasteiger charge is -2.20. The number of rotatable bonds is 8. The molecule has 0 aromatic heterocycles. The summed E-state index contributed by atoms with van der Waals surface area (Å²) in [7, 11) is 1.66. The first-order valence-electron chi connectivity index (χ1n) is 9.92. The number of hydrogen-bond donors (Lipinski definition) is 1. The van der Waals surface area contributed by atoms with Gasteiger partial charge in [0.25, 0.3) is 0 Å². The number of methoxy groups -OCH3 is 1. The first-order chi connectivity index (χ1) is 13.5. The Kier molecular flexibility index (Phi) is 6.84. The summed E-state index contributed by atoms with van der Waals surface area (Å²) < 4.78 is 11.2. The van der Waals surface area contributed by atoms with E-state index in [0.29, 0.717) is 12.5 Å². The lowest BCUT2D eigenvalue weighted by atomic mass is 9.94. The fourth-order valence-electron chi connectivity index (χ4n) is 3.48. The molecule has 0 saturated carbocycles. The van der Waals surface area contributed by atoms with Crippen molar-refractivity contribution in [2.24, 2.45) is 10.9 Å². The standard InChI is InChI=1S/C23H29ClN2O2/c1-5-28-21-14-18(27-4)11-12-19(21)23-25-20(13-6-15(2)3)22(26-23)16-7-9-17(24)10-8-16/h7-12,14-15,20,22H,5-6,13H2,1-4H3,(H,25,26). The van der Waals surface area contributed by atoms with Crippen molar-refractivity contribution in [3.8, 4) is 11.5 Å². The van der Waals surface area contributed by atoms with Gasteiger partial charge >= 0.3 is 0 Å². The molecule has 0 bridgehead atoms. The first kappa shape index (κ1) is 20.5. The smallest absolute Gasteiger partial charge is 0.133 e. The second-order valence-corrected chi connectivity index (χ2v) is 7.92. The minimum absolute atomic E-state index is 0.127. The van der Waals surface area contributed by atoms with Gasteiger partial charge in [0.05, 0.1) is 31.4 Å². The van der Waals surface area contributed by atoms with E-state index in [4.69, 9.17) is 26.1 Å². The lowest BCUT2D eigenvalue weighted by molar-refractivity contribution is 0.335. The van der Waals surface area contributed by atoms with E-state index >= 15 is 0 Å². The number of halogens is 1. The van der Waals surface area contributed by atoms with Crippen LogP contribution in [-0.2, 0) is 0 Å². The molecule has 2 aromatic carbocycles. The number of amidine groups is 1. The zero-order valence-electron chi connectivity index (χ0n) is 17.0. The second-order valence-electron chi connectivity index (χ2n) is 7.48. The third-order valence-electron chi connectivity index (χ3n) is 4.98. The summed E-state index contributed by atoms with van der Waals surface area (Å²) in [5, 5.41) is 4.38. The van der Waals surface area contributed by atoms with Crippen molar-refractivity contribution in [1.82, 2.24) is 5.32 Å². The molecule has 0 radical (unpaired) electrons. The van der Waals surface area contributed by atoms with Crippen molar-refractivity contribution in [1.29, 1.82) is 0 Å². The Morgan fingerprint density at radius 1 is 1.14 bits per heavy atom. The predicted octanol–water partition coefficient (Wildman–Crippen LogP) is 5.64. The maximum absolute atomic E-state index is 6.09. The molecule has 1 aliphatic heterocycles. The number of hydrogen-bond acceptors (Lipinski definition) is 4. The molecular formula is C23H29ClN2O2. The number of benzene rings is 2. The Hall–Kier alpha value is -2.20. The highest BCUT2D eigenvalue weighted by Gasteiger charge is 2.31. The summed E-state index contributed by atoms with van der Waals surface area (Å²) >= 11 is 6.09. The monoisotopic (exact) mass is 400 g/mol. The van der Waals surface area contributed by atoms with E-state index in [1.807, 2.05) is 37.3 Å². The Bertz CT molecular complexity index is 818. The van der Waals surface area contributed by atoms with Crippen LogP contribution in [0, 0.1) is 5.92 Å². The van der Waals surface area contributed by atoms with Crippen LogP contribution in [0.4, 0.5) is 0 Å². The summed E-state index contributed by atoms with van der Waals surface area (Å²) in [5.41, 5.74) is 2.16. The van der Waals surface area contributed by atoms with Crippen LogP contribution in [0.5, 0.6) is 11.5 Å². The summed E-state index contributed by atoms with van der Waals surface area (Å²) in [6.45, 7) is 7.07. The Balaban J connectivity index is 1.92. The minimum Gasteiger partial charge on any atom is -0.497 e. The van der Waals surface area contributed by atoms with Gasteiger partial charge in [-0.05, 0) is 55.5 Å². The summed E-state index contributed by atoms with van der Waals surface area (Å²) in [4.78, 5) is 5.06. The highest BCUT2D eigenvalue weighted by molar-refractivity contribution is 6.30. The maximum atomic E-state index is 6.09. The molecule has 1 heterocycles. The van der Waals surface area contributed by atoms with Gasteiger partial charge in [-0.2, -0.15) is 0 Å². The van der Waals surface area contributed by atoms with Crippen molar-refractivity contribution in [2.45, 2.75) is 45.7 Å². The van der Waals surface area contributed by atoms with E-state index in [9.17, 15) is 0 Å². The van der Waals surface area contributed by atoms with Crippen LogP contribution in [0.15, 0.2) is 47.5 Å². The van der Waals surface area contributed by atoms with Gasteiger partial charge in [-0.25, -0.2) is 0 Å². The topological polar surface area (TPSA) is 42.9 Å². The van der Waals surface area contributed by atoms with Crippen LogP contribution in [0.3, 0.4) is 0 Å². The van der Waals surface area contributed by atoms with E-state index < -0.39 is 0 Å². The summed E-state index contributed by atoms with van der Waals surface area (Å²) in [6, 6.07) is 14.2. The molecule has 1 N–H and O–H groups in total. The fourth-order valence-corrected chi connectivity index (χ4v) is 3.61. The van der Waals surface area contributed by atoms with Gasteiger partial charge in [-0.3, -0.25) is 4.99 Å². The molecule has 0 saturated heterocycles. The SMILES string of the molecule is CCOc1cc(OC)ccc1C1=NC(CCC(C)C)C(c2ccc(Cl)cc2)N1.